The molecule has 0 aromatic carbocycles. The first-order valence-electron chi connectivity index (χ1n) is 11.7. The van der Waals surface area contributed by atoms with Gasteiger partial charge in [0.2, 0.25) is 11.8 Å². The third-order valence-electron chi connectivity index (χ3n) is 7.78. The van der Waals surface area contributed by atoms with Crippen LogP contribution in [0.3, 0.4) is 0 Å². The van der Waals surface area contributed by atoms with E-state index in [9.17, 15) is 19.5 Å². The largest absolute Gasteiger partial charge is 0.466 e. The molecule has 2 amide bonds. The number of hydrogen-bond acceptors (Lipinski definition) is 8. The van der Waals surface area contributed by atoms with Gasteiger partial charge in [0.15, 0.2) is 0 Å². The van der Waals surface area contributed by atoms with Gasteiger partial charge >= 0.3 is 5.97 Å². The Morgan fingerprint density at radius 1 is 1.28 bits per heavy atom. The maximum atomic E-state index is 13.5. The number of fused-ring (bicyclic) bond motifs is 1. The van der Waals surface area contributed by atoms with Crippen molar-refractivity contribution in [3.8, 4) is 0 Å². The molecule has 3 unspecified atom stereocenters. The first kappa shape index (κ1) is 23.4. The Balaban J connectivity index is 1.58. The number of ether oxygens (including phenoxy) is 3. The van der Waals surface area contributed by atoms with Crippen LogP contribution in [0.15, 0.2) is 0 Å². The number of likely N-dealkylation sites (tertiary alicyclic amines) is 1. The molecule has 0 aromatic rings. The van der Waals surface area contributed by atoms with Crippen LogP contribution >= 0.6 is 0 Å². The molecule has 32 heavy (non-hydrogen) atoms. The summed E-state index contributed by atoms with van der Waals surface area (Å²) >= 11 is 0. The lowest BCUT2D eigenvalue weighted by Crippen LogP contribution is -2.56. The molecule has 180 valence electrons. The predicted octanol–water partition coefficient (Wildman–Crippen LogP) is -0.999. The minimum Gasteiger partial charge on any atom is -0.466 e. The molecule has 4 aliphatic heterocycles. The van der Waals surface area contributed by atoms with Gasteiger partial charge in [0.05, 0.1) is 37.9 Å². The second-order valence-corrected chi connectivity index (χ2v) is 9.46. The van der Waals surface area contributed by atoms with Crippen molar-refractivity contribution in [1.29, 1.82) is 0 Å². The fourth-order valence-corrected chi connectivity index (χ4v) is 6.24. The van der Waals surface area contributed by atoms with Crippen molar-refractivity contribution in [2.24, 2.45) is 17.8 Å². The molecular weight excluding hydrogens is 418 g/mol. The average molecular weight is 454 g/mol. The van der Waals surface area contributed by atoms with Crippen LogP contribution in [0.4, 0.5) is 0 Å². The molecule has 4 fully saturated rings. The number of nitrogens with zero attached hydrogens (tertiary/aromatic N) is 2. The van der Waals surface area contributed by atoms with Gasteiger partial charge in [-0.2, -0.15) is 0 Å². The summed E-state index contributed by atoms with van der Waals surface area (Å²) in [5, 5.41) is 12.6. The molecule has 4 heterocycles. The smallest absolute Gasteiger partial charge is 0.312 e. The molecule has 4 aliphatic rings. The zero-order chi connectivity index (χ0) is 23.1. The SMILES string of the molecule is CCOC(=O)[C@H]1[C@H]2C(=O)N(CCO)C(C(=O)NCCN3CCOCC3)C23CC(C)[C@]1(C)O3. The Morgan fingerprint density at radius 2 is 2.00 bits per heavy atom. The summed E-state index contributed by atoms with van der Waals surface area (Å²) < 4.78 is 17.2. The van der Waals surface area contributed by atoms with E-state index in [1.807, 2.05) is 13.8 Å². The molecule has 0 aromatic heterocycles. The predicted molar refractivity (Wildman–Crippen MR) is 112 cm³/mol. The van der Waals surface area contributed by atoms with E-state index < -0.39 is 35.0 Å². The Labute approximate surface area is 188 Å². The number of morpholine rings is 1. The summed E-state index contributed by atoms with van der Waals surface area (Å²) in [6.07, 6.45) is 0.499. The molecule has 4 saturated heterocycles. The number of aliphatic hydroxyl groups is 1. The second-order valence-electron chi connectivity index (χ2n) is 9.46. The molecule has 10 heteroatoms. The number of nitrogens with one attached hydrogen (secondary N) is 1. The Bertz CT molecular complexity index is 758. The molecule has 0 saturated carbocycles. The van der Waals surface area contributed by atoms with E-state index in [0.717, 1.165) is 13.1 Å². The van der Waals surface area contributed by atoms with Gasteiger partial charge in [-0.1, -0.05) is 6.92 Å². The van der Waals surface area contributed by atoms with Crippen LogP contribution in [0.25, 0.3) is 0 Å². The maximum absolute atomic E-state index is 13.5. The molecule has 6 atom stereocenters. The first-order chi connectivity index (χ1) is 15.3. The topological polar surface area (TPSA) is 118 Å². The van der Waals surface area contributed by atoms with Crippen LogP contribution < -0.4 is 5.32 Å². The van der Waals surface area contributed by atoms with Crippen LogP contribution in [0.2, 0.25) is 0 Å². The van der Waals surface area contributed by atoms with Gasteiger partial charge in [0, 0.05) is 32.7 Å². The Kier molecular flexibility index (Phi) is 6.50. The molecule has 2 bridgehead atoms. The van der Waals surface area contributed by atoms with Crippen LogP contribution in [-0.2, 0) is 28.6 Å². The highest BCUT2D eigenvalue weighted by Crippen LogP contribution is 2.65. The van der Waals surface area contributed by atoms with E-state index in [2.05, 4.69) is 10.2 Å². The lowest BCUT2D eigenvalue weighted by atomic mass is 9.62. The van der Waals surface area contributed by atoms with Gasteiger partial charge in [-0.05, 0) is 26.2 Å². The number of carbonyl (C=O) groups excluding carboxylic acids is 3. The highest BCUT2D eigenvalue weighted by molar-refractivity contribution is 5.98. The molecule has 4 rings (SSSR count). The second kappa shape index (κ2) is 8.89. The van der Waals surface area contributed by atoms with Crippen molar-refractivity contribution in [2.45, 2.75) is 44.4 Å². The minimum atomic E-state index is -1.10. The minimum absolute atomic E-state index is 0.0165. The summed E-state index contributed by atoms with van der Waals surface area (Å²) in [6.45, 7) is 9.64. The number of hydrogen-bond donors (Lipinski definition) is 2. The van der Waals surface area contributed by atoms with Gasteiger partial charge in [-0.3, -0.25) is 19.3 Å². The van der Waals surface area contributed by atoms with Gasteiger partial charge in [0.1, 0.15) is 17.6 Å². The monoisotopic (exact) mass is 453 g/mol. The molecule has 0 aliphatic carbocycles. The van der Waals surface area contributed by atoms with Crippen LogP contribution in [0, 0.1) is 17.8 Å². The van der Waals surface area contributed by atoms with Gasteiger partial charge in [-0.15, -0.1) is 0 Å². The summed E-state index contributed by atoms with van der Waals surface area (Å²) in [5.41, 5.74) is -1.97. The quantitative estimate of drug-likeness (QED) is 0.450. The van der Waals surface area contributed by atoms with E-state index in [4.69, 9.17) is 14.2 Å². The first-order valence-corrected chi connectivity index (χ1v) is 11.7. The van der Waals surface area contributed by atoms with E-state index in [0.29, 0.717) is 32.7 Å². The standard InChI is InChI=1S/C22H35N3O7/c1-4-31-20(29)16-15-19(28)25(7-10-26)17(22(15)13-14(2)21(16,3)32-22)18(27)23-5-6-24-8-11-30-12-9-24/h14-17,26H,4-13H2,1-3H3,(H,23,27)/t14?,15-,16+,17?,21-,22?/m0/s1. The fourth-order valence-electron chi connectivity index (χ4n) is 6.24. The van der Waals surface area contributed by atoms with Crippen LogP contribution in [0.1, 0.15) is 27.2 Å². The van der Waals surface area contributed by atoms with Crippen molar-refractivity contribution in [3.05, 3.63) is 0 Å². The van der Waals surface area contributed by atoms with Crippen molar-refractivity contribution >= 4 is 17.8 Å². The molecular formula is C22H35N3O7. The Morgan fingerprint density at radius 3 is 2.66 bits per heavy atom. The summed E-state index contributed by atoms with van der Waals surface area (Å²) in [7, 11) is 0. The molecule has 2 N–H and O–H groups in total. The zero-order valence-electron chi connectivity index (χ0n) is 19.2. The fraction of sp³-hybridized carbons (Fsp3) is 0.864. The van der Waals surface area contributed by atoms with E-state index in [1.165, 1.54) is 4.90 Å². The maximum Gasteiger partial charge on any atom is 0.312 e. The normalized spacial score (nSPS) is 38.8. The van der Waals surface area contributed by atoms with E-state index in [-0.39, 0.29) is 37.5 Å². The van der Waals surface area contributed by atoms with Crippen molar-refractivity contribution in [1.82, 2.24) is 15.1 Å². The van der Waals surface area contributed by atoms with Gasteiger partial charge in [-0.25, -0.2) is 0 Å². The number of rotatable bonds is 8. The molecule has 1 spiro atoms. The van der Waals surface area contributed by atoms with Crippen molar-refractivity contribution in [2.75, 3.05) is 59.2 Å². The third kappa shape index (κ3) is 3.52. The lowest BCUT2D eigenvalue weighted by molar-refractivity contribution is -0.161. The van der Waals surface area contributed by atoms with Crippen LogP contribution in [-0.4, -0.2) is 109 Å². The number of carbonyl (C=O) groups is 3. The molecule has 0 radical (unpaired) electrons. The highest BCUT2D eigenvalue weighted by Gasteiger charge is 2.80. The van der Waals surface area contributed by atoms with E-state index >= 15 is 0 Å². The Hall–Kier alpha value is -1.75. The highest BCUT2D eigenvalue weighted by atomic mass is 16.6. The average Bonchev–Trinajstić information content (AvgIpc) is 3.26. The van der Waals surface area contributed by atoms with Gasteiger partial charge < -0.3 is 29.5 Å². The third-order valence-corrected chi connectivity index (χ3v) is 7.78. The van der Waals surface area contributed by atoms with Crippen LogP contribution in [0.5, 0.6) is 0 Å². The zero-order valence-corrected chi connectivity index (χ0v) is 19.2. The van der Waals surface area contributed by atoms with Crippen molar-refractivity contribution in [3.63, 3.8) is 0 Å². The number of aliphatic hydroxyl groups excluding tert-OH is 1. The number of amides is 2. The number of esters is 1. The summed E-state index contributed by atoms with van der Waals surface area (Å²) in [4.78, 5) is 43.5. The van der Waals surface area contributed by atoms with Crippen molar-refractivity contribution < 1.29 is 33.7 Å². The summed E-state index contributed by atoms with van der Waals surface area (Å²) in [6, 6.07) is -0.888. The number of β-amino-alcohol motifs (C(OH)–C–C–N with tert-alkyl or cyclic N) is 1. The lowest BCUT2D eigenvalue weighted by Gasteiger charge is -2.35. The van der Waals surface area contributed by atoms with Gasteiger partial charge in [0.25, 0.3) is 0 Å². The molecule has 10 nitrogen and oxygen atoms in total. The van der Waals surface area contributed by atoms with E-state index in [1.54, 1.807) is 6.92 Å². The summed E-state index contributed by atoms with van der Waals surface area (Å²) in [5.74, 6) is -2.67.